The van der Waals surface area contributed by atoms with Crippen LogP contribution in [0.4, 0.5) is 0 Å². The molecule has 28 heavy (non-hydrogen) atoms. The fraction of sp³-hybridized carbons (Fsp3) is 0.524. The first-order valence-corrected chi connectivity index (χ1v) is 9.91. The van der Waals surface area contributed by atoms with Crippen molar-refractivity contribution in [1.82, 2.24) is 15.4 Å². The van der Waals surface area contributed by atoms with Crippen molar-refractivity contribution in [3.05, 3.63) is 36.0 Å². The molecule has 2 heterocycles. The maximum absolute atomic E-state index is 12.8. The van der Waals surface area contributed by atoms with Crippen LogP contribution in [0.25, 0.3) is 11.3 Å². The maximum atomic E-state index is 12.8. The molecule has 1 aliphatic heterocycles. The summed E-state index contributed by atoms with van der Waals surface area (Å²) in [5.41, 5.74) is 1.08. The molecular formula is C21H27N3O4. The van der Waals surface area contributed by atoms with E-state index in [1.54, 1.807) is 7.11 Å². The standard InChI is InChI=1S/C21H27N3O4/c1-26-17-5-2-4-16(14-17)18-15-19(23-28-18)21(6-7-21)20(25)22-8-3-9-24-10-12-27-13-11-24/h2,4-5,14-15H,3,6-13H2,1H3,(H,22,25). The molecule has 1 aliphatic carbocycles. The van der Waals surface area contributed by atoms with E-state index < -0.39 is 5.41 Å². The molecule has 1 saturated heterocycles. The Morgan fingerprint density at radius 3 is 2.86 bits per heavy atom. The molecule has 1 aromatic heterocycles. The minimum Gasteiger partial charge on any atom is -0.497 e. The number of hydrogen-bond acceptors (Lipinski definition) is 6. The van der Waals surface area contributed by atoms with Crippen LogP contribution < -0.4 is 10.1 Å². The van der Waals surface area contributed by atoms with Gasteiger partial charge in [0.05, 0.1) is 31.4 Å². The SMILES string of the molecule is COc1cccc(-c2cc(C3(C(=O)NCCCN4CCOCC4)CC3)no2)c1. The Labute approximate surface area is 165 Å². The molecule has 1 saturated carbocycles. The van der Waals surface area contributed by atoms with Crippen molar-refractivity contribution < 1.29 is 18.8 Å². The predicted molar refractivity (Wildman–Crippen MR) is 104 cm³/mol. The third-order valence-electron chi connectivity index (χ3n) is 5.58. The van der Waals surface area contributed by atoms with E-state index in [0.29, 0.717) is 12.3 Å². The second-order valence-corrected chi connectivity index (χ2v) is 7.45. The Kier molecular flexibility index (Phi) is 5.64. The van der Waals surface area contributed by atoms with Gasteiger partial charge in [-0.25, -0.2) is 0 Å². The van der Waals surface area contributed by atoms with Gasteiger partial charge < -0.3 is 19.3 Å². The number of morpholine rings is 1. The number of carbonyl (C=O) groups is 1. The maximum Gasteiger partial charge on any atom is 0.232 e. The minimum absolute atomic E-state index is 0.0555. The molecule has 2 fully saturated rings. The van der Waals surface area contributed by atoms with E-state index in [4.69, 9.17) is 14.0 Å². The molecule has 1 aromatic carbocycles. The van der Waals surface area contributed by atoms with Crippen molar-refractivity contribution in [3.8, 4) is 17.1 Å². The number of amides is 1. The summed E-state index contributed by atoms with van der Waals surface area (Å²) in [5.74, 6) is 1.47. The smallest absolute Gasteiger partial charge is 0.232 e. The van der Waals surface area contributed by atoms with Gasteiger partial charge in [0.2, 0.25) is 5.91 Å². The van der Waals surface area contributed by atoms with E-state index in [1.807, 2.05) is 30.3 Å². The quantitative estimate of drug-likeness (QED) is 0.702. The lowest BCUT2D eigenvalue weighted by Crippen LogP contribution is -2.39. The molecule has 2 aromatic rings. The Morgan fingerprint density at radius 1 is 1.29 bits per heavy atom. The highest BCUT2D eigenvalue weighted by Gasteiger charge is 2.53. The molecule has 0 radical (unpaired) electrons. The number of benzene rings is 1. The van der Waals surface area contributed by atoms with Crippen LogP contribution in [0.1, 0.15) is 25.0 Å². The lowest BCUT2D eigenvalue weighted by molar-refractivity contribution is -0.123. The zero-order valence-electron chi connectivity index (χ0n) is 16.3. The summed E-state index contributed by atoms with van der Waals surface area (Å²) < 4.78 is 16.1. The van der Waals surface area contributed by atoms with E-state index in [0.717, 1.165) is 69.1 Å². The van der Waals surface area contributed by atoms with E-state index in [-0.39, 0.29) is 5.91 Å². The Bertz CT molecular complexity index is 809. The van der Waals surface area contributed by atoms with Crippen LogP contribution >= 0.6 is 0 Å². The van der Waals surface area contributed by atoms with Crippen LogP contribution in [0.15, 0.2) is 34.9 Å². The van der Waals surface area contributed by atoms with Crippen molar-refractivity contribution >= 4 is 5.91 Å². The van der Waals surface area contributed by atoms with E-state index in [1.165, 1.54) is 0 Å². The highest BCUT2D eigenvalue weighted by molar-refractivity contribution is 5.91. The first-order chi connectivity index (χ1) is 13.7. The van der Waals surface area contributed by atoms with Crippen LogP contribution in [0.3, 0.4) is 0 Å². The van der Waals surface area contributed by atoms with Gasteiger partial charge in [-0.05, 0) is 37.9 Å². The van der Waals surface area contributed by atoms with Gasteiger partial charge in [-0.15, -0.1) is 0 Å². The van der Waals surface area contributed by atoms with Crippen molar-refractivity contribution in [3.63, 3.8) is 0 Å². The van der Waals surface area contributed by atoms with Crippen LogP contribution in [0.2, 0.25) is 0 Å². The monoisotopic (exact) mass is 385 g/mol. The van der Waals surface area contributed by atoms with Crippen LogP contribution in [-0.4, -0.2) is 62.5 Å². The van der Waals surface area contributed by atoms with Gasteiger partial charge in [0, 0.05) is 31.3 Å². The second kappa shape index (κ2) is 8.32. The minimum atomic E-state index is -0.528. The van der Waals surface area contributed by atoms with Gasteiger partial charge in [-0.3, -0.25) is 9.69 Å². The molecule has 2 aliphatic rings. The number of aromatic nitrogens is 1. The molecule has 1 N–H and O–H groups in total. The molecule has 1 amide bonds. The number of methoxy groups -OCH3 is 1. The Morgan fingerprint density at radius 2 is 2.11 bits per heavy atom. The van der Waals surface area contributed by atoms with Gasteiger partial charge in [-0.1, -0.05) is 17.3 Å². The molecule has 0 atom stereocenters. The first-order valence-electron chi connectivity index (χ1n) is 9.91. The number of nitrogens with one attached hydrogen (secondary N) is 1. The third-order valence-corrected chi connectivity index (χ3v) is 5.58. The lowest BCUT2D eigenvalue weighted by Gasteiger charge is -2.26. The summed E-state index contributed by atoms with van der Waals surface area (Å²) in [4.78, 5) is 15.2. The summed E-state index contributed by atoms with van der Waals surface area (Å²) in [6, 6.07) is 9.51. The lowest BCUT2D eigenvalue weighted by atomic mass is 10.00. The molecule has 0 spiro atoms. The van der Waals surface area contributed by atoms with Crippen LogP contribution in [-0.2, 0) is 14.9 Å². The van der Waals surface area contributed by atoms with E-state index >= 15 is 0 Å². The highest BCUT2D eigenvalue weighted by Crippen LogP contribution is 2.48. The fourth-order valence-electron chi connectivity index (χ4n) is 3.64. The number of rotatable bonds is 8. The van der Waals surface area contributed by atoms with E-state index in [2.05, 4.69) is 15.4 Å². The molecule has 0 bridgehead atoms. The second-order valence-electron chi connectivity index (χ2n) is 7.45. The Balaban J connectivity index is 1.33. The van der Waals surface area contributed by atoms with Gasteiger partial charge >= 0.3 is 0 Å². The predicted octanol–water partition coefficient (Wildman–Crippen LogP) is 2.22. The molecule has 4 rings (SSSR count). The highest BCUT2D eigenvalue weighted by atomic mass is 16.5. The summed E-state index contributed by atoms with van der Waals surface area (Å²) in [5, 5.41) is 7.30. The van der Waals surface area contributed by atoms with Crippen LogP contribution in [0.5, 0.6) is 5.75 Å². The van der Waals surface area contributed by atoms with Crippen molar-refractivity contribution in [2.24, 2.45) is 0 Å². The summed E-state index contributed by atoms with van der Waals surface area (Å²) in [7, 11) is 1.63. The number of carbonyl (C=O) groups excluding carboxylic acids is 1. The normalized spacial score (nSPS) is 18.6. The van der Waals surface area contributed by atoms with Gasteiger partial charge in [0.1, 0.15) is 5.75 Å². The summed E-state index contributed by atoms with van der Waals surface area (Å²) >= 11 is 0. The molecule has 0 unspecified atom stereocenters. The molecule has 7 nitrogen and oxygen atoms in total. The molecular weight excluding hydrogens is 358 g/mol. The zero-order chi connectivity index (χ0) is 19.4. The zero-order valence-corrected chi connectivity index (χ0v) is 16.3. The molecule has 150 valence electrons. The summed E-state index contributed by atoms with van der Waals surface area (Å²) in [6.45, 7) is 5.22. The van der Waals surface area contributed by atoms with Crippen molar-refractivity contribution in [2.45, 2.75) is 24.7 Å². The van der Waals surface area contributed by atoms with Gasteiger partial charge in [-0.2, -0.15) is 0 Å². The Hall–Kier alpha value is -2.38. The van der Waals surface area contributed by atoms with Gasteiger partial charge in [0.25, 0.3) is 0 Å². The van der Waals surface area contributed by atoms with Crippen molar-refractivity contribution in [2.75, 3.05) is 46.5 Å². The largest absolute Gasteiger partial charge is 0.497 e. The number of nitrogens with zero attached hydrogens (tertiary/aromatic N) is 2. The van der Waals surface area contributed by atoms with Crippen LogP contribution in [0, 0.1) is 0 Å². The first kappa shape index (κ1) is 19.0. The topological polar surface area (TPSA) is 76.8 Å². The summed E-state index contributed by atoms with van der Waals surface area (Å²) in [6.07, 6.45) is 2.56. The molecule has 7 heteroatoms. The number of hydrogen-bond donors (Lipinski definition) is 1. The van der Waals surface area contributed by atoms with Gasteiger partial charge in [0.15, 0.2) is 5.76 Å². The average molecular weight is 385 g/mol. The van der Waals surface area contributed by atoms with E-state index in [9.17, 15) is 4.79 Å². The fourth-order valence-corrected chi connectivity index (χ4v) is 3.64. The third kappa shape index (κ3) is 4.05. The number of ether oxygens (including phenoxy) is 2. The average Bonchev–Trinajstić information content (AvgIpc) is 3.41. The van der Waals surface area contributed by atoms with Crippen molar-refractivity contribution in [1.29, 1.82) is 0 Å².